The van der Waals surface area contributed by atoms with E-state index >= 15 is 0 Å². The van der Waals surface area contributed by atoms with E-state index in [0.717, 1.165) is 19.3 Å². The van der Waals surface area contributed by atoms with Gasteiger partial charge in [-0.25, -0.2) is 0 Å². The summed E-state index contributed by atoms with van der Waals surface area (Å²) in [7, 11) is 1.64. The summed E-state index contributed by atoms with van der Waals surface area (Å²) >= 11 is 0. The molecule has 0 bridgehead atoms. The Labute approximate surface area is 89.8 Å². The van der Waals surface area contributed by atoms with Crippen molar-refractivity contribution in [3.05, 3.63) is 0 Å². The number of amides is 1. The summed E-state index contributed by atoms with van der Waals surface area (Å²) in [5, 5.41) is 8.65. The van der Waals surface area contributed by atoms with E-state index in [1.165, 1.54) is 0 Å². The van der Waals surface area contributed by atoms with Gasteiger partial charge in [0.2, 0.25) is 5.91 Å². The number of hydrogen-bond donors (Lipinski definition) is 0. The van der Waals surface area contributed by atoms with Crippen molar-refractivity contribution in [2.24, 2.45) is 11.3 Å². The van der Waals surface area contributed by atoms with Crippen LogP contribution in [0.1, 0.15) is 19.3 Å². The molecule has 4 heteroatoms. The van der Waals surface area contributed by atoms with E-state index in [1.807, 2.05) is 0 Å². The normalized spacial score (nSPS) is 23.9. The lowest BCUT2D eigenvalue weighted by Gasteiger charge is -2.47. The molecule has 0 aromatic heterocycles. The van der Waals surface area contributed by atoms with E-state index in [4.69, 9.17) is 10.00 Å². The Balaban J connectivity index is 1.93. The van der Waals surface area contributed by atoms with E-state index in [-0.39, 0.29) is 17.2 Å². The molecule has 1 heterocycles. The highest BCUT2D eigenvalue weighted by atomic mass is 16.5. The van der Waals surface area contributed by atoms with Gasteiger partial charge in [0.25, 0.3) is 0 Å². The molecule has 0 N–H and O–H groups in total. The minimum Gasteiger partial charge on any atom is -0.384 e. The van der Waals surface area contributed by atoms with E-state index in [9.17, 15) is 4.79 Å². The van der Waals surface area contributed by atoms with Crippen molar-refractivity contribution in [2.45, 2.75) is 19.3 Å². The van der Waals surface area contributed by atoms with Gasteiger partial charge in [0.1, 0.15) is 0 Å². The van der Waals surface area contributed by atoms with E-state index in [0.29, 0.717) is 19.7 Å². The van der Waals surface area contributed by atoms with Crippen molar-refractivity contribution in [3.63, 3.8) is 0 Å². The second kappa shape index (κ2) is 3.82. The quantitative estimate of drug-likeness (QED) is 0.689. The van der Waals surface area contributed by atoms with Crippen LogP contribution in [0.15, 0.2) is 0 Å². The zero-order chi connectivity index (χ0) is 10.9. The predicted molar refractivity (Wildman–Crippen MR) is 53.8 cm³/mol. The summed E-state index contributed by atoms with van der Waals surface area (Å²) < 4.78 is 5.13. The lowest BCUT2D eigenvalue weighted by atomic mass is 9.67. The number of carbonyl (C=O) groups excluding carboxylic acids is 1. The molecule has 0 spiro atoms. The Morgan fingerprint density at radius 2 is 2.27 bits per heavy atom. The van der Waals surface area contributed by atoms with Crippen LogP contribution in [0.5, 0.6) is 0 Å². The third-order valence-electron chi connectivity index (χ3n) is 3.54. The highest BCUT2D eigenvalue weighted by Crippen LogP contribution is 2.43. The Hall–Kier alpha value is -1.08. The number of hydrogen-bond acceptors (Lipinski definition) is 3. The van der Waals surface area contributed by atoms with E-state index < -0.39 is 0 Å². The third kappa shape index (κ3) is 1.61. The molecular formula is C11H16N2O2. The number of carbonyl (C=O) groups is 1. The first-order valence-corrected chi connectivity index (χ1v) is 5.40. The molecule has 0 aromatic carbocycles. The minimum absolute atomic E-state index is 0.0496. The average molecular weight is 208 g/mol. The smallest absolute Gasteiger partial charge is 0.231 e. The topological polar surface area (TPSA) is 53.3 Å². The molecular weight excluding hydrogens is 192 g/mol. The molecule has 2 fully saturated rings. The van der Waals surface area contributed by atoms with Crippen LogP contribution < -0.4 is 0 Å². The highest BCUT2D eigenvalue weighted by molar-refractivity contribution is 5.84. The van der Waals surface area contributed by atoms with Crippen molar-refractivity contribution in [2.75, 3.05) is 26.8 Å². The molecule has 1 aliphatic carbocycles. The number of rotatable bonds is 3. The largest absolute Gasteiger partial charge is 0.384 e. The number of methoxy groups -OCH3 is 1. The number of nitrogens with zero attached hydrogens (tertiary/aromatic N) is 2. The van der Waals surface area contributed by atoms with Crippen molar-refractivity contribution >= 4 is 5.91 Å². The van der Waals surface area contributed by atoms with Crippen LogP contribution in [0, 0.1) is 22.7 Å². The number of nitriles is 1. The Morgan fingerprint density at radius 3 is 2.67 bits per heavy atom. The standard InChI is InChI=1S/C11H16N2O2/c1-15-8-11(3-2-4-11)10(14)13-6-9(5-12)7-13/h9H,2-4,6-8H2,1H3. The molecule has 1 saturated heterocycles. The van der Waals surface area contributed by atoms with Gasteiger partial charge in [-0.2, -0.15) is 5.26 Å². The molecule has 1 amide bonds. The summed E-state index contributed by atoms with van der Waals surface area (Å²) in [4.78, 5) is 13.9. The van der Waals surface area contributed by atoms with Crippen LogP contribution in [-0.2, 0) is 9.53 Å². The Kier molecular flexibility index (Phi) is 2.66. The van der Waals surface area contributed by atoms with Gasteiger partial charge in [0.15, 0.2) is 0 Å². The van der Waals surface area contributed by atoms with Gasteiger partial charge in [-0.05, 0) is 12.8 Å². The zero-order valence-corrected chi connectivity index (χ0v) is 9.03. The highest BCUT2D eigenvalue weighted by Gasteiger charge is 2.48. The van der Waals surface area contributed by atoms with E-state index in [2.05, 4.69) is 6.07 Å². The molecule has 82 valence electrons. The summed E-state index contributed by atoms with van der Waals surface area (Å²) in [6, 6.07) is 2.18. The molecule has 4 nitrogen and oxygen atoms in total. The van der Waals surface area contributed by atoms with E-state index in [1.54, 1.807) is 12.0 Å². The van der Waals surface area contributed by atoms with Gasteiger partial charge in [-0.15, -0.1) is 0 Å². The van der Waals surface area contributed by atoms with Crippen LogP contribution in [0.2, 0.25) is 0 Å². The molecule has 1 aliphatic heterocycles. The monoisotopic (exact) mass is 208 g/mol. The molecule has 2 aliphatic rings. The second-order valence-corrected chi connectivity index (χ2v) is 4.60. The van der Waals surface area contributed by atoms with Crippen LogP contribution in [0.25, 0.3) is 0 Å². The first-order valence-electron chi connectivity index (χ1n) is 5.40. The summed E-state index contributed by atoms with van der Waals surface area (Å²) in [5.74, 6) is 0.246. The molecule has 15 heavy (non-hydrogen) atoms. The van der Waals surface area contributed by atoms with Crippen molar-refractivity contribution in [3.8, 4) is 6.07 Å². The Morgan fingerprint density at radius 1 is 1.60 bits per heavy atom. The average Bonchev–Trinajstić information content (AvgIpc) is 2.09. The van der Waals surface area contributed by atoms with Gasteiger partial charge in [0, 0.05) is 20.2 Å². The maximum atomic E-state index is 12.1. The lowest BCUT2D eigenvalue weighted by molar-refractivity contribution is -0.157. The first kappa shape index (κ1) is 10.4. The van der Waals surface area contributed by atoms with Gasteiger partial charge < -0.3 is 9.64 Å². The molecule has 1 saturated carbocycles. The SMILES string of the molecule is COCC1(C(=O)N2CC(C#N)C2)CCC1. The fraction of sp³-hybridized carbons (Fsp3) is 0.818. The van der Waals surface area contributed by atoms with Crippen LogP contribution >= 0.6 is 0 Å². The maximum Gasteiger partial charge on any atom is 0.231 e. The fourth-order valence-corrected chi connectivity index (χ4v) is 2.36. The Bertz CT molecular complexity index is 298. The van der Waals surface area contributed by atoms with Crippen molar-refractivity contribution in [1.82, 2.24) is 4.90 Å². The van der Waals surface area contributed by atoms with Crippen LogP contribution in [0.4, 0.5) is 0 Å². The number of likely N-dealkylation sites (tertiary alicyclic amines) is 1. The van der Waals surface area contributed by atoms with Gasteiger partial charge >= 0.3 is 0 Å². The molecule has 0 aromatic rings. The van der Waals surface area contributed by atoms with Crippen LogP contribution in [0.3, 0.4) is 0 Å². The van der Waals surface area contributed by atoms with Gasteiger partial charge in [0.05, 0.1) is 24.0 Å². The number of ether oxygens (including phenoxy) is 1. The fourth-order valence-electron chi connectivity index (χ4n) is 2.36. The van der Waals surface area contributed by atoms with Gasteiger partial charge in [-0.1, -0.05) is 6.42 Å². The van der Waals surface area contributed by atoms with Crippen molar-refractivity contribution < 1.29 is 9.53 Å². The van der Waals surface area contributed by atoms with Gasteiger partial charge in [-0.3, -0.25) is 4.79 Å². The van der Waals surface area contributed by atoms with Crippen LogP contribution in [-0.4, -0.2) is 37.6 Å². The van der Waals surface area contributed by atoms with Crippen molar-refractivity contribution in [1.29, 1.82) is 5.26 Å². The molecule has 0 atom stereocenters. The third-order valence-corrected chi connectivity index (χ3v) is 3.54. The first-order chi connectivity index (χ1) is 7.22. The summed E-state index contributed by atoms with van der Waals surface area (Å²) in [6.45, 7) is 1.75. The minimum atomic E-state index is -0.255. The molecule has 0 radical (unpaired) electrons. The summed E-state index contributed by atoms with van der Waals surface area (Å²) in [6.07, 6.45) is 2.99. The predicted octanol–water partition coefficient (Wildman–Crippen LogP) is 0.785. The molecule has 2 rings (SSSR count). The lowest BCUT2D eigenvalue weighted by Crippen LogP contribution is -2.58. The second-order valence-electron chi connectivity index (χ2n) is 4.60. The molecule has 0 unspecified atom stereocenters. The maximum absolute atomic E-state index is 12.1. The summed E-state index contributed by atoms with van der Waals surface area (Å²) in [5.41, 5.74) is -0.255. The zero-order valence-electron chi connectivity index (χ0n) is 9.03.